The van der Waals surface area contributed by atoms with E-state index in [0.29, 0.717) is 0 Å². The highest BCUT2D eigenvalue weighted by Crippen LogP contribution is 2.22. The number of fused-ring (bicyclic) bond motifs is 1. The molecule has 21 heavy (non-hydrogen) atoms. The molecular formula is C15H21N5O. The minimum Gasteiger partial charge on any atom is -0.358 e. The van der Waals surface area contributed by atoms with Crippen LogP contribution in [0.3, 0.4) is 0 Å². The maximum Gasteiger partial charge on any atom is 0.237 e. The maximum atomic E-state index is 11.9. The first-order valence-electron chi connectivity index (χ1n) is 7.34. The Kier molecular flexibility index (Phi) is 3.63. The topological polar surface area (TPSA) is 63.1 Å². The molecule has 0 spiro atoms. The van der Waals surface area contributed by atoms with Crippen LogP contribution in [0.25, 0.3) is 11.0 Å². The summed E-state index contributed by atoms with van der Waals surface area (Å²) in [5, 5.41) is 8.24. The Balaban J connectivity index is 1.84. The normalized spacial score (nSPS) is 19.3. The Labute approximate surface area is 124 Å². The number of hydrogen-bond acceptors (Lipinski definition) is 4. The van der Waals surface area contributed by atoms with Crippen molar-refractivity contribution in [3.63, 3.8) is 0 Å². The number of carbonyl (C=O) groups is 1. The summed E-state index contributed by atoms with van der Waals surface area (Å²) in [7, 11) is 3.61. The van der Waals surface area contributed by atoms with Gasteiger partial charge in [-0.05, 0) is 37.9 Å². The smallest absolute Gasteiger partial charge is 0.237 e. The van der Waals surface area contributed by atoms with Crippen LogP contribution in [-0.4, -0.2) is 45.2 Å². The van der Waals surface area contributed by atoms with Crippen molar-refractivity contribution in [2.45, 2.75) is 32.4 Å². The molecule has 1 saturated heterocycles. The lowest BCUT2D eigenvalue weighted by atomic mass is 10.1. The van der Waals surface area contributed by atoms with Gasteiger partial charge in [0.25, 0.3) is 0 Å². The van der Waals surface area contributed by atoms with E-state index in [1.807, 2.05) is 20.2 Å². The Morgan fingerprint density at radius 1 is 1.52 bits per heavy atom. The van der Waals surface area contributed by atoms with Crippen molar-refractivity contribution >= 4 is 16.9 Å². The van der Waals surface area contributed by atoms with Gasteiger partial charge in [0.1, 0.15) is 0 Å². The Bertz CT molecular complexity index is 678. The van der Waals surface area contributed by atoms with Crippen LogP contribution in [0.1, 0.15) is 24.1 Å². The standard InChI is InChI=1S/C15H21N5O/c1-10-12-7-11(8-17-14(12)19(3)18-10)9-20-6-4-5-13(20)15(21)16-2/h7-8,13H,4-6,9H2,1-3H3,(H,16,21). The molecule has 0 radical (unpaired) electrons. The molecule has 1 aliphatic rings. The fourth-order valence-corrected chi connectivity index (χ4v) is 3.15. The van der Waals surface area contributed by atoms with E-state index in [1.54, 1.807) is 11.7 Å². The summed E-state index contributed by atoms with van der Waals surface area (Å²) >= 11 is 0. The van der Waals surface area contributed by atoms with Crippen molar-refractivity contribution in [2.24, 2.45) is 7.05 Å². The van der Waals surface area contributed by atoms with Crippen molar-refractivity contribution < 1.29 is 4.79 Å². The highest BCUT2D eigenvalue weighted by Gasteiger charge is 2.29. The van der Waals surface area contributed by atoms with Gasteiger partial charge in [-0.2, -0.15) is 5.10 Å². The van der Waals surface area contributed by atoms with Crippen LogP contribution in [0.5, 0.6) is 0 Å². The van der Waals surface area contributed by atoms with Gasteiger partial charge >= 0.3 is 0 Å². The van der Waals surface area contributed by atoms with E-state index >= 15 is 0 Å². The number of nitrogens with one attached hydrogen (secondary N) is 1. The lowest BCUT2D eigenvalue weighted by Gasteiger charge is -2.22. The zero-order valence-corrected chi connectivity index (χ0v) is 12.8. The van der Waals surface area contributed by atoms with Gasteiger partial charge in [0.15, 0.2) is 5.65 Å². The lowest BCUT2D eigenvalue weighted by Crippen LogP contribution is -2.41. The van der Waals surface area contributed by atoms with Crippen LogP contribution in [0.2, 0.25) is 0 Å². The SMILES string of the molecule is CNC(=O)C1CCCN1Cc1cnc2c(c1)c(C)nn2C. The summed E-state index contributed by atoms with van der Waals surface area (Å²) in [5.41, 5.74) is 3.03. The van der Waals surface area contributed by atoms with E-state index in [4.69, 9.17) is 0 Å². The number of amides is 1. The number of aromatic nitrogens is 3. The molecule has 112 valence electrons. The predicted octanol–water partition coefficient (Wildman–Crippen LogP) is 0.987. The van der Waals surface area contributed by atoms with Gasteiger partial charge in [-0.15, -0.1) is 0 Å². The molecule has 6 nitrogen and oxygen atoms in total. The summed E-state index contributed by atoms with van der Waals surface area (Å²) in [4.78, 5) is 18.6. The third-order valence-electron chi connectivity index (χ3n) is 4.22. The van der Waals surface area contributed by atoms with Crippen molar-refractivity contribution in [1.82, 2.24) is 25.0 Å². The second-order valence-corrected chi connectivity index (χ2v) is 5.67. The van der Waals surface area contributed by atoms with Gasteiger partial charge in [0.05, 0.1) is 11.7 Å². The average Bonchev–Trinajstić information content (AvgIpc) is 3.04. The summed E-state index contributed by atoms with van der Waals surface area (Å²) < 4.78 is 1.80. The molecule has 0 aliphatic carbocycles. The average molecular weight is 287 g/mol. The minimum absolute atomic E-state index is 0.0132. The fraction of sp³-hybridized carbons (Fsp3) is 0.533. The van der Waals surface area contributed by atoms with Crippen LogP contribution in [0, 0.1) is 6.92 Å². The van der Waals surface area contributed by atoms with Crippen molar-refractivity contribution in [3.8, 4) is 0 Å². The van der Waals surface area contributed by atoms with Crippen molar-refractivity contribution in [2.75, 3.05) is 13.6 Å². The molecule has 1 aliphatic heterocycles. The van der Waals surface area contributed by atoms with Crippen LogP contribution in [0.4, 0.5) is 0 Å². The Hall–Kier alpha value is -1.95. The van der Waals surface area contributed by atoms with E-state index in [-0.39, 0.29) is 11.9 Å². The molecule has 1 amide bonds. The molecule has 6 heteroatoms. The summed E-state index contributed by atoms with van der Waals surface area (Å²) in [6.45, 7) is 3.72. The van der Waals surface area contributed by atoms with Gasteiger partial charge in [-0.1, -0.05) is 0 Å². The third kappa shape index (κ3) is 2.51. The lowest BCUT2D eigenvalue weighted by molar-refractivity contribution is -0.125. The van der Waals surface area contributed by atoms with E-state index < -0.39 is 0 Å². The number of aryl methyl sites for hydroxylation is 2. The van der Waals surface area contributed by atoms with Gasteiger partial charge in [0.2, 0.25) is 5.91 Å². The molecule has 3 rings (SSSR count). The van der Waals surface area contributed by atoms with E-state index in [2.05, 4.69) is 26.4 Å². The van der Waals surface area contributed by atoms with Gasteiger partial charge in [-0.25, -0.2) is 4.98 Å². The van der Waals surface area contributed by atoms with E-state index in [9.17, 15) is 4.79 Å². The van der Waals surface area contributed by atoms with Crippen LogP contribution in [0.15, 0.2) is 12.3 Å². The molecule has 1 N–H and O–H groups in total. The molecule has 0 aromatic carbocycles. The van der Waals surface area contributed by atoms with Crippen molar-refractivity contribution in [1.29, 1.82) is 0 Å². The number of pyridine rings is 1. The maximum absolute atomic E-state index is 11.9. The zero-order valence-electron chi connectivity index (χ0n) is 12.8. The quantitative estimate of drug-likeness (QED) is 0.914. The third-order valence-corrected chi connectivity index (χ3v) is 4.22. The highest BCUT2D eigenvalue weighted by atomic mass is 16.2. The zero-order chi connectivity index (χ0) is 15.0. The molecule has 0 saturated carbocycles. The molecule has 1 unspecified atom stereocenters. The Morgan fingerprint density at radius 2 is 2.33 bits per heavy atom. The van der Waals surface area contributed by atoms with Gasteiger partial charge in [-0.3, -0.25) is 14.4 Å². The number of carbonyl (C=O) groups excluding carboxylic acids is 1. The summed E-state index contributed by atoms with van der Waals surface area (Å²) in [6.07, 6.45) is 3.89. The monoisotopic (exact) mass is 287 g/mol. The second-order valence-electron chi connectivity index (χ2n) is 5.67. The number of rotatable bonds is 3. The first-order chi connectivity index (χ1) is 10.1. The van der Waals surface area contributed by atoms with Crippen LogP contribution < -0.4 is 5.32 Å². The molecule has 0 bridgehead atoms. The van der Waals surface area contributed by atoms with Crippen molar-refractivity contribution in [3.05, 3.63) is 23.5 Å². The summed E-state index contributed by atoms with van der Waals surface area (Å²) in [6, 6.07) is 2.13. The van der Waals surface area contributed by atoms with E-state index in [1.165, 1.54) is 0 Å². The molecular weight excluding hydrogens is 266 g/mol. The second kappa shape index (κ2) is 5.44. The fourth-order valence-electron chi connectivity index (χ4n) is 3.15. The van der Waals surface area contributed by atoms with Gasteiger partial charge < -0.3 is 5.32 Å². The first-order valence-corrected chi connectivity index (χ1v) is 7.34. The highest BCUT2D eigenvalue weighted by molar-refractivity contribution is 5.82. The number of likely N-dealkylation sites (tertiary alicyclic amines) is 1. The molecule has 1 atom stereocenters. The minimum atomic E-state index is -0.0132. The number of likely N-dealkylation sites (N-methyl/N-ethyl adjacent to an activating group) is 1. The molecule has 1 fully saturated rings. The van der Waals surface area contributed by atoms with Crippen LogP contribution in [-0.2, 0) is 18.4 Å². The first kappa shape index (κ1) is 14.0. The number of hydrogen-bond donors (Lipinski definition) is 1. The Morgan fingerprint density at radius 3 is 3.10 bits per heavy atom. The molecule has 3 heterocycles. The summed E-state index contributed by atoms with van der Waals surface area (Å²) in [5.74, 6) is 0.110. The largest absolute Gasteiger partial charge is 0.358 e. The van der Waals surface area contributed by atoms with Crippen LogP contribution >= 0.6 is 0 Å². The molecule has 2 aromatic heterocycles. The van der Waals surface area contributed by atoms with Gasteiger partial charge in [0, 0.05) is 32.2 Å². The number of nitrogens with zero attached hydrogens (tertiary/aromatic N) is 4. The predicted molar refractivity (Wildman–Crippen MR) is 80.7 cm³/mol. The molecule has 2 aromatic rings. The van der Waals surface area contributed by atoms with E-state index in [0.717, 1.165) is 48.2 Å².